The zero-order valence-corrected chi connectivity index (χ0v) is 11.6. The predicted molar refractivity (Wildman–Crippen MR) is 76.6 cm³/mol. The van der Waals surface area contributed by atoms with Gasteiger partial charge < -0.3 is 10.5 Å². The van der Waals surface area contributed by atoms with Crippen LogP contribution in [0.1, 0.15) is 38.7 Å². The van der Waals surface area contributed by atoms with Gasteiger partial charge in [0.25, 0.3) is 0 Å². The predicted octanol–water partition coefficient (Wildman–Crippen LogP) is 3.50. The molecule has 0 aliphatic carbocycles. The Morgan fingerprint density at radius 2 is 1.94 bits per heavy atom. The second kappa shape index (κ2) is 6.60. The maximum atomic E-state index is 5.82. The van der Waals surface area contributed by atoms with E-state index in [-0.39, 0.29) is 0 Å². The zero-order chi connectivity index (χ0) is 12.8. The lowest BCUT2D eigenvalue weighted by atomic mass is 9.97. The van der Waals surface area contributed by atoms with Crippen LogP contribution in [0.3, 0.4) is 0 Å². The number of rotatable bonds is 6. The molecule has 0 aromatic heterocycles. The van der Waals surface area contributed by atoms with Crippen molar-refractivity contribution >= 4 is 17.2 Å². The third-order valence-electron chi connectivity index (χ3n) is 2.53. The number of benzene rings is 1. The van der Waals surface area contributed by atoms with E-state index in [0.717, 1.165) is 18.8 Å². The quantitative estimate of drug-likeness (QED) is 0.786. The van der Waals surface area contributed by atoms with Crippen LogP contribution in [-0.4, -0.2) is 11.6 Å². The Morgan fingerprint density at radius 3 is 2.53 bits per heavy atom. The highest BCUT2D eigenvalue weighted by Crippen LogP contribution is 2.28. The lowest BCUT2D eigenvalue weighted by molar-refractivity contribution is 0.267. The first kappa shape index (κ1) is 14.0. The summed E-state index contributed by atoms with van der Waals surface area (Å²) in [7, 11) is 0. The van der Waals surface area contributed by atoms with Gasteiger partial charge >= 0.3 is 0 Å². The number of thiocarbonyl (C=S) groups is 1. The minimum Gasteiger partial charge on any atom is -0.493 e. The molecule has 2 nitrogen and oxygen atoms in total. The smallest absolute Gasteiger partial charge is 0.122 e. The molecule has 0 radical (unpaired) electrons. The van der Waals surface area contributed by atoms with Crippen molar-refractivity contribution in [3.8, 4) is 5.75 Å². The summed E-state index contributed by atoms with van der Waals surface area (Å²) in [5.41, 5.74) is 6.78. The Morgan fingerprint density at radius 1 is 1.29 bits per heavy atom. The van der Waals surface area contributed by atoms with E-state index in [0.29, 0.717) is 16.8 Å². The molecule has 0 fully saturated rings. The summed E-state index contributed by atoms with van der Waals surface area (Å²) in [4.78, 5) is 0.552. The molecular formula is C14H21NOS. The monoisotopic (exact) mass is 251 g/mol. The summed E-state index contributed by atoms with van der Waals surface area (Å²) in [5.74, 6) is 1.77. The standard InChI is InChI=1S/C14H21NOS/c1-10(2)9-16-13-7-5-4-6-12(13)11(3)8-14(15)17/h4-7,10-11H,8-9H2,1-3H3,(H2,15,17). The van der Waals surface area contributed by atoms with E-state index in [1.807, 2.05) is 18.2 Å². The van der Waals surface area contributed by atoms with Gasteiger partial charge in [0.2, 0.25) is 0 Å². The van der Waals surface area contributed by atoms with Crippen LogP contribution in [0, 0.1) is 5.92 Å². The molecule has 0 aliphatic heterocycles. The molecule has 3 heteroatoms. The van der Waals surface area contributed by atoms with Crippen LogP contribution in [0.5, 0.6) is 5.75 Å². The van der Waals surface area contributed by atoms with Crippen molar-refractivity contribution < 1.29 is 4.74 Å². The number of hydrogen-bond donors (Lipinski definition) is 1. The first-order chi connectivity index (χ1) is 8.00. The second-order valence-electron chi connectivity index (χ2n) is 4.81. The number of nitrogens with two attached hydrogens (primary N) is 1. The van der Waals surface area contributed by atoms with Crippen molar-refractivity contribution in [2.24, 2.45) is 11.7 Å². The molecule has 0 spiro atoms. The van der Waals surface area contributed by atoms with Gasteiger partial charge in [-0.15, -0.1) is 0 Å². The fourth-order valence-corrected chi connectivity index (χ4v) is 1.94. The Kier molecular flexibility index (Phi) is 5.42. The molecule has 1 atom stereocenters. The van der Waals surface area contributed by atoms with Crippen molar-refractivity contribution in [2.45, 2.75) is 33.1 Å². The number of ether oxygens (including phenoxy) is 1. The van der Waals surface area contributed by atoms with E-state index in [1.165, 1.54) is 5.56 Å². The highest BCUT2D eigenvalue weighted by atomic mass is 32.1. The van der Waals surface area contributed by atoms with Gasteiger partial charge in [-0.25, -0.2) is 0 Å². The van der Waals surface area contributed by atoms with Crippen molar-refractivity contribution in [1.82, 2.24) is 0 Å². The summed E-state index contributed by atoms with van der Waals surface area (Å²) >= 11 is 4.96. The van der Waals surface area contributed by atoms with Crippen LogP contribution in [0.2, 0.25) is 0 Å². The second-order valence-corrected chi connectivity index (χ2v) is 5.34. The van der Waals surface area contributed by atoms with Crippen LogP contribution in [0.4, 0.5) is 0 Å². The van der Waals surface area contributed by atoms with Crippen molar-refractivity contribution in [2.75, 3.05) is 6.61 Å². The van der Waals surface area contributed by atoms with Gasteiger partial charge in [0.1, 0.15) is 5.75 Å². The summed E-state index contributed by atoms with van der Waals surface area (Å²) in [6, 6.07) is 8.10. The minimum absolute atomic E-state index is 0.302. The molecule has 1 unspecified atom stereocenters. The summed E-state index contributed by atoms with van der Waals surface area (Å²) in [6.07, 6.45) is 0.720. The van der Waals surface area contributed by atoms with Crippen LogP contribution in [0.25, 0.3) is 0 Å². The van der Waals surface area contributed by atoms with Crippen LogP contribution in [-0.2, 0) is 0 Å². The van der Waals surface area contributed by atoms with E-state index in [4.69, 9.17) is 22.7 Å². The van der Waals surface area contributed by atoms with E-state index in [2.05, 4.69) is 26.8 Å². The zero-order valence-electron chi connectivity index (χ0n) is 10.8. The molecule has 0 saturated heterocycles. The highest BCUT2D eigenvalue weighted by Gasteiger charge is 2.12. The first-order valence-electron chi connectivity index (χ1n) is 6.00. The maximum Gasteiger partial charge on any atom is 0.122 e. The molecule has 1 aromatic carbocycles. The lowest BCUT2D eigenvalue weighted by Crippen LogP contribution is -2.13. The van der Waals surface area contributed by atoms with Gasteiger partial charge in [0.05, 0.1) is 11.6 Å². The van der Waals surface area contributed by atoms with Crippen molar-refractivity contribution in [3.63, 3.8) is 0 Å². The number of para-hydroxylation sites is 1. The Labute approximate surface area is 109 Å². The molecule has 94 valence electrons. The Bertz CT molecular complexity index is 376. The maximum absolute atomic E-state index is 5.82. The molecule has 0 amide bonds. The van der Waals surface area contributed by atoms with E-state index < -0.39 is 0 Å². The molecule has 1 rings (SSSR count). The van der Waals surface area contributed by atoms with Gasteiger partial charge in [-0.1, -0.05) is 51.2 Å². The molecular weight excluding hydrogens is 230 g/mol. The van der Waals surface area contributed by atoms with Gasteiger partial charge in [-0.05, 0) is 23.5 Å². The van der Waals surface area contributed by atoms with E-state index in [1.54, 1.807) is 0 Å². The Balaban J connectivity index is 2.79. The third-order valence-corrected chi connectivity index (χ3v) is 2.70. The number of hydrogen-bond acceptors (Lipinski definition) is 2. The first-order valence-corrected chi connectivity index (χ1v) is 6.41. The fraction of sp³-hybridized carbons (Fsp3) is 0.500. The summed E-state index contributed by atoms with van der Waals surface area (Å²) in [6.45, 7) is 7.13. The summed E-state index contributed by atoms with van der Waals surface area (Å²) < 4.78 is 5.82. The molecule has 2 N–H and O–H groups in total. The SMILES string of the molecule is CC(C)COc1ccccc1C(C)CC(N)=S. The average Bonchev–Trinajstić information content (AvgIpc) is 2.25. The topological polar surface area (TPSA) is 35.2 Å². The Hall–Kier alpha value is -1.09. The normalized spacial score (nSPS) is 12.5. The average molecular weight is 251 g/mol. The van der Waals surface area contributed by atoms with Crippen LogP contribution >= 0.6 is 12.2 Å². The van der Waals surface area contributed by atoms with Gasteiger partial charge in [0.15, 0.2) is 0 Å². The largest absolute Gasteiger partial charge is 0.493 e. The van der Waals surface area contributed by atoms with Gasteiger partial charge in [-0.3, -0.25) is 0 Å². The van der Waals surface area contributed by atoms with Gasteiger partial charge in [0, 0.05) is 6.42 Å². The minimum atomic E-state index is 0.302. The molecule has 0 heterocycles. The van der Waals surface area contributed by atoms with Gasteiger partial charge in [-0.2, -0.15) is 0 Å². The highest BCUT2D eigenvalue weighted by molar-refractivity contribution is 7.80. The van der Waals surface area contributed by atoms with E-state index in [9.17, 15) is 0 Å². The van der Waals surface area contributed by atoms with E-state index >= 15 is 0 Å². The molecule has 17 heavy (non-hydrogen) atoms. The fourth-order valence-electron chi connectivity index (χ4n) is 1.69. The molecule has 0 saturated carbocycles. The van der Waals surface area contributed by atoms with Crippen molar-refractivity contribution in [3.05, 3.63) is 29.8 Å². The molecule has 0 bridgehead atoms. The van der Waals surface area contributed by atoms with Crippen LogP contribution in [0.15, 0.2) is 24.3 Å². The molecule has 1 aromatic rings. The van der Waals surface area contributed by atoms with Crippen molar-refractivity contribution in [1.29, 1.82) is 0 Å². The lowest BCUT2D eigenvalue weighted by Gasteiger charge is -2.17. The third kappa shape index (κ3) is 4.73. The summed E-state index contributed by atoms with van der Waals surface area (Å²) in [5, 5.41) is 0. The van der Waals surface area contributed by atoms with Crippen LogP contribution < -0.4 is 10.5 Å². The molecule has 0 aliphatic rings.